The molecule has 0 saturated carbocycles. The molecule has 0 aliphatic heterocycles. The Kier molecular flexibility index (Phi) is 5.58. The summed E-state index contributed by atoms with van der Waals surface area (Å²) in [6.45, 7) is 0. The van der Waals surface area contributed by atoms with E-state index in [9.17, 15) is 18.4 Å². The molecule has 0 unspecified atom stereocenters. The Labute approximate surface area is 164 Å². The molecule has 0 radical (unpaired) electrons. The molecule has 0 aliphatic rings. The molecule has 1 N–H and O–H groups in total. The number of carbonyl (C=O) groups is 2. The predicted molar refractivity (Wildman–Crippen MR) is 101 cm³/mol. The Balaban J connectivity index is 2.11. The first kappa shape index (κ1) is 20.0. The van der Waals surface area contributed by atoms with Crippen LogP contribution in [0.2, 0.25) is 0 Å². The lowest BCUT2D eigenvalue weighted by molar-refractivity contribution is 0.101. The van der Waals surface area contributed by atoms with Gasteiger partial charge in [-0.15, -0.1) is 0 Å². The van der Waals surface area contributed by atoms with Gasteiger partial charge in [0.25, 0.3) is 5.91 Å². The zero-order chi connectivity index (χ0) is 21.1. The van der Waals surface area contributed by atoms with Gasteiger partial charge in [0.05, 0.1) is 25.5 Å². The summed E-state index contributed by atoms with van der Waals surface area (Å²) < 4.78 is 39.6. The van der Waals surface area contributed by atoms with Gasteiger partial charge in [-0.1, -0.05) is 6.07 Å². The van der Waals surface area contributed by atoms with E-state index < -0.39 is 23.2 Å². The van der Waals surface area contributed by atoms with Crippen molar-refractivity contribution in [3.63, 3.8) is 0 Å². The van der Waals surface area contributed by atoms with Crippen LogP contribution in [-0.2, 0) is 7.05 Å². The van der Waals surface area contributed by atoms with Gasteiger partial charge in [-0.3, -0.25) is 14.3 Å². The zero-order valence-corrected chi connectivity index (χ0v) is 15.8. The molecule has 150 valence electrons. The summed E-state index contributed by atoms with van der Waals surface area (Å²) in [5, 5.41) is 6.21. The number of hydrogen-bond donors (Lipinski definition) is 1. The molecule has 0 saturated heterocycles. The number of halogens is 2. The van der Waals surface area contributed by atoms with Gasteiger partial charge in [0.15, 0.2) is 12.0 Å². The number of amides is 1. The summed E-state index contributed by atoms with van der Waals surface area (Å²) in [5.41, 5.74) is -0.228. The first-order chi connectivity index (χ1) is 13.9. The van der Waals surface area contributed by atoms with Crippen molar-refractivity contribution < 1.29 is 27.8 Å². The number of rotatable bonds is 6. The highest BCUT2D eigenvalue weighted by molar-refractivity contribution is 6.09. The van der Waals surface area contributed by atoms with Crippen molar-refractivity contribution in [1.82, 2.24) is 9.78 Å². The maximum atomic E-state index is 13.9. The van der Waals surface area contributed by atoms with Crippen LogP contribution < -0.4 is 14.8 Å². The second-order valence-electron chi connectivity index (χ2n) is 5.97. The Hall–Kier alpha value is -3.75. The van der Waals surface area contributed by atoms with E-state index in [1.54, 1.807) is 18.2 Å². The monoisotopic (exact) mass is 401 g/mol. The van der Waals surface area contributed by atoms with E-state index in [-0.39, 0.29) is 17.0 Å². The fourth-order valence-corrected chi connectivity index (χ4v) is 2.93. The summed E-state index contributed by atoms with van der Waals surface area (Å²) in [6, 6.07) is 8.12. The molecule has 0 bridgehead atoms. The highest BCUT2D eigenvalue weighted by atomic mass is 19.1. The van der Waals surface area contributed by atoms with E-state index in [2.05, 4.69) is 10.4 Å². The molecule has 3 rings (SSSR count). The molecule has 0 atom stereocenters. The molecule has 1 aromatic heterocycles. The number of aryl methyl sites for hydroxylation is 1. The molecule has 9 heteroatoms. The van der Waals surface area contributed by atoms with E-state index in [0.29, 0.717) is 23.3 Å². The van der Waals surface area contributed by atoms with Crippen LogP contribution in [-0.4, -0.2) is 36.2 Å². The van der Waals surface area contributed by atoms with Crippen LogP contribution in [0.4, 0.5) is 14.5 Å². The number of para-hydroxylation sites is 1. The summed E-state index contributed by atoms with van der Waals surface area (Å²) >= 11 is 0. The van der Waals surface area contributed by atoms with E-state index in [1.165, 1.54) is 32.0 Å². The summed E-state index contributed by atoms with van der Waals surface area (Å²) in [7, 11) is 4.47. The third kappa shape index (κ3) is 3.66. The molecular weight excluding hydrogens is 384 g/mol. The van der Waals surface area contributed by atoms with Gasteiger partial charge in [-0.05, 0) is 30.3 Å². The quantitative estimate of drug-likeness (QED) is 0.640. The van der Waals surface area contributed by atoms with Gasteiger partial charge in [0, 0.05) is 12.6 Å². The number of aldehydes is 1. The lowest BCUT2D eigenvalue weighted by Crippen LogP contribution is -2.16. The Morgan fingerprint density at radius 2 is 1.83 bits per heavy atom. The van der Waals surface area contributed by atoms with Crippen LogP contribution in [0.3, 0.4) is 0 Å². The summed E-state index contributed by atoms with van der Waals surface area (Å²) in [6.07, 6.45) is 0.452. The molecule has 29 heavy (non-hydrogen) atoms. The Morgan fingerprint density at radius 3 is 2.41 bits per heavy atom. The number of benzene rings is 2. The number of hydrogen-bond acceptors (Lipinski definition) is 5. The maximum Gasteiger partial charge on any atom is 0.277 e. The van der Waals surface area contributed by atoms with E-state index >= 15 is 0 Å². The predicted octanol–water partition coefficient (Wildman–Crippen LogP) is 3.45. The highest BCUT2D eigenvalue weighted by Gasteiger charge is 2.26. The highest BCUT2D eigenvalue weighted by Crippen LogP contribution is 2.36. The van der Waals surface area contributed by atoms with Crippen molar-refractivity contribution in [2.75, 3.05) is 19.5 Å². The third-order valence-electron chi connectivity index (χ3n) is 4.28. The number of carbonyl (C=O) groups excluding carboxylic acids is 2. The molecule has 3 aromatic rings. The van der Waals surface area contributed by atoms with Crippen molar-refractivity contribution in [3.05, 3.63) is 59.3 Å². The van der Waals surface area contributed by atoms with Crippen LogP contribution in [0.1, 0.15) is 20.8 Å². The zero-order valence-electron chi connectivity index (χ0n) is 15.8. The molecular formula is C20H17F2N3O4. The van der Waals surface area contributed by atoms with Crippen molar-refractivity contribution in [1.29, 1.82) is 0 Å². The van der Waals surface area contributed by atoms with E-state index in [1.807, 2.05) is 0 Å². The number of methoxy groups -OCH3 is 2. The third-order valence-corrected chi connectivity index (χ3v) is 4.28. The van der Waals surface area contributed by atoms with E-state index in [4.69, 9.17) is 9.47 Å². The molecule has 0 fully saturated rings. The molecule has 1 heterocycles. The summed E-state index contributed by atoms with van der Waals surface area (Å²) in [4.78, 5) is 24.5. The lowest BCUT2D eigenvalue weighted by atomic mass is 10.0. The smallest absolute Gasteiger partial charge is 0.277 e. The topological polar surface area (TPSA) is 82.4 Å². The molecule has 7 nitrogen and oxygen atoms in total. The first-order valence-electron chi connectivity index (χ1n) is 8.41. The Bertz CT molecular complexity index is 1080. The minimum Gasteiger partial charge on any atom is -0.497 e. The average Bonchev–Trinajstić information content (AvgIpc) is 3.06. The number of ether oxygens (including phenoxy) is 2. The van der Waals surface area contributed by atoms with Gasteiger partial charge in [0.2, 0.25) is 0 Å². The van der Waals surface area contributed by atoms with Crippen LogP contribution in [0.5, 0.6) is 11.5 Å². The second kappa shape index (κ2) is 8.09. The van der Waals surface area contributed by atoms with Crippen molar-refractivity contribution in [3.8, 4) is 22.8 Å². The number of aromatic nitrogens is 2. The molecule has 1 amide bonds. The van der Waals surface area contributed by atoms with Crippen molar-refractivity contribution >= 4 is 17.9 Å². The molecule has 2 aromatic carbocycles. The van der Waals surface area contributed by atoms with Crippen LogP contribution in [0.15, 0.2) is 36.4 Å². The van der Waals surface area contributed by atoms with Gasteiger partial charge < -0.3 is 14.8 Å². The first-order valence-corrected chi connectivity index (χ1v) is 8.41. The number of nitrogens with one attached hydrogen (secondary N) is 1. The van der Waals surface area contributed by atoms with Gasteiger partial charge in [-0.25, -0.2) is 8.78 Å². The van der Waals surface area contributed by atoms with Gasteiger partial charge in [-0.2, -0.15) is 5.10 Å². The van der Waals surface area contributed by atoms with Crippen molar-refractivity contribution in [2.45, 2.75) is 0 Å². The minimum atomic E-state index is -0.948. The fraction of sp³-hybridized carbons (Fsp3) is 0.150. The largest absolute Gasteiger partial charge is 0.497 e. The van der Waals surface area contributed by atoms with Crippen LogP contribution in [0, 0.1) is 11.6 Å². The lowest BCUT2D eigenvalue weighted by Gasteiger charge is -2.11. The number of nitrogens with zero attached hydrogens (tertiary/aromatic N) is 2. The van der Waals surface area contributed by atoms with E-state index in [0.717, 1.165) is 12.1 Å². The van der Waals surface area contributed by atoms with Crippen LogP contribution >= 0.6 is 0 Å². The number of anilines is 1. The van der Waals surface area contributed by atoms with Gasteiger partial charge >= 0.3 is 0 Å². The standard InChI is InChI=1S/C20H17F2N3O4/c1-25-19(12-9-11(28-2)7-8-16(12)29-3)13(10-26)17(24-25)20(27)23-18-14(21)5-4-6-15(18)22/h4-10H,1-3H3,(H,23,27). The van der Waals surface area contributed by atoms with Crippen LogP contribution in [0.25, 0.3) is 11.3 Å². The minimum absolute atomic E-state index is 0.0618. The van der Waals surface area contributed by atoms with Crippen molar-refractivity contribution in [2.24, 2.45) is 7.05 Å². The molecule has 0 spiro atoms. The second-order valence-corrected chi connectivity index (χ2v) is 5.97. The summed E-state index contributed by atoms with van der Waals surface area (Å²) in [5.74, 6) is -1.91. The molecule has 0 aliphatic carbocycles. The maximum absolute atomic E-state index is 13.9. The average molecular weight is 401 g/mol. The Morgan fingerprint density at radius 1 is 1.14 bits per heavy atom. The normalized spacial score (nSPS) is 10.5. The SMILES string of the molecule is COc1ccc(OC)c(-c2c(C=O)c(C(=O)Nc3c(F)cccc3F)nn2C)c1. The van der Waals surface area contributed by atoms with Gasteiger partial charge in [0.1, 0.15) is 28.8 Å². The fourth-order valence-electron chi connectivity index (χ4n) is 2.93.